The average Bonchev–Trinajstić information content (AvgIpc) is 0.975. The van der Waals surface area contributed by atoms with E-state index in [9.17, 15) is 0 Å². The predicted molar refractivity (Wildman–Crippen MR) is 632 cm³/mol. The first-order valence-corrected chi connectivity index (χ1v) is 51.9. The molecule has 0 fully saturated rings. The number of aromatic nitrogens is 1. The summed E-state index contributed by atoms with van der Waals surface area (Å²) in [5, 5.41) is 4.54. The van der Waals surface area contributed by atoms with Gasteiger partial charge in [-0.15, -0.1) is 0 Å². The van der Waals surface area contributed by atoms with Gasteiger partial charge in [0.15, 0.2) is 0 Å². The second-order valence-electron chi connectivity index (χ2n) is 40.0. The Balaban J connectivity index is 0.514. The van der Waals surface area contributed by atoms with E-state index in [1.54, 1.807) is 0 Å². The molecule has 0 saturated carbocycles. The van der Waals surface area contributed by atoms with Gasteiger partial charge in [-0.2, -0.15) is 0 Å². The van der Waals surface area contributed by atoms with Gasteiger partial charge in [-0.3, -0.25) is 0 Å². The molecule has 150 heavy (non-hydrogen) atoms. The normalized spacial score (nSPS) is 13.1. The van der Waals surface area contributed by atoms with Gasteiger partial charge in [-0.25, -0.2) is 0 Å². The number of fused-ring (bicyclic) bond motifs is 18. The molecule has 0 atom stereocenters. The summed E-state index contributed by atoms with van der Waals surface area (Å²) in [4.78, 5) is 17.4. The zero-order chi connectivity index (χ0) is 98.3. The molecule has 8 heterocycles. The lowest BCUT2D eigenvalue weighted by Gasteiger charge is -2.45. The monoisotopic (exact) mass is 1910 g/mol. The molecule has 0 amide bonds. The van der Waals surface area contributed by atoms with E-state index >= 15 is 0 Å². The molecule has 2 aromatic heterocycles. The third-order valence-electron chi connectivity index (χ3n) is 32.0. The first kappa shape index (κ1) is 84.9. The second kappa shape index (κ2) is 34.1. The van der Waals surface area contributed by atoms with Crippen LogP contribution in [-0.2, 0) is 0 Å². The summed E-state index contributed by atoms with van der Waals surface area (Å²) in [5.41, 5.74) is 51.1. The highest BCUT2D eigenvalue weighted by Crippen LogP contribution is 2.55. The van der Waals surface area contributed by atoms with Crippen molar-refractivity contribution >= 4 is 232 Å². The minimum atomic E-state index is -0.155. The summed E-state index contributed by atoms with van der Waals surface area (Å²) in [6, 6.07) is 201. The molecule has 0 aliphatic carbocycles. The molecule has 9 nitrogen and oxygen atoms in total. The average molecular weight is 1910 g/mol. The molecule has 0 bridgehead atoms. The largest absolute Gasteiger partial charge is 0.455 e. The van der Waals surface area contributed by atoms with Crippen LogP contribution in [0.2, 0.25) is 0 Å². The Morgan fingerprint density at radius 3 is 0.887 bits per heavy atom. The van der Waals surface area contributed by atoms with Crippen LogP contribution in [0.3, 0.4) is 0 Å². The summed E-state index contributed by atoms with van der Waals surface area (Å²) in [6.07, 6.45) is 0. The van der Waals surface area contributed by atoms with Gasteiger partial charge in [0.2, 0.25) is 0 Å². The van der Waals surface area contributed by atoms with Crippen molar-refractivity contribution in [3.8, 4) is 61.3 Å². The van der Waals surface area contributed by atoms with E-state index in [1.807, 2.05) is 0 Å². The maximum Gasteiger partial charge on any atom is 0.252 e. The van der Waals surface area contributed by atoms with Gasteiger partial charge < -0.3 is 43.3 Å². The minimum absolute atomic E-state index is 0.0211. The Bertz CT molecular complexity index is 9580. The summed E-state index contributed by atoms with van der Waals surface area (Å²) in [6.45, 7) is -0.278. The lowest BCUT2D eigenvalue weighted by atomic mass is 9.33. The highest BCUT2D eigenvalue weighted by atomic mass is 16.3. The summed E-state index contributed by atoms with van der Waals surface area (Å²) in [5.74, 6) is 0. The van der Waals surface area contributed by atoms with Gasteiger partial charge in [-0.05, 0) is 299 Å². The van der Waals surface area contributed by atoms with Crippen LogP contribution < -0.4 is 83.5 Å². The van der Waals surface area contributed by atoms with Crippen molar-refractivity contribution in [3.05, 3.63) is 540 Å². The van der Waals surface area contributed by atoms with E-state index in [2.05, 4.69) is 579 Å². The van der Waals surface area contributed by atoms with Crippen molar-refractivity contribution in [1.82, 2.24) is 4.57 Å². The van der Waals surface area contributed by atoms with E-state index in [-0.39, 0.29) is 20.1 Å². The Morgan fingerprint density at radius 1 is 0.173 bits per heavy atom. The Labute approximate surface area is 870 Å². The summed E-state index contributed by atoms with van der Waals surface area (Å²) in [7, 11) is 0. The quantitative estimate of drug-likeness (QED) is 0.0941. The number of benzene rings is 23. The van der Waals surface area contributed by atoms with Crippen LogP contribution in [0.5, 0.6) is 0 Å². The molecule has 6 aliphatic rings. The van der Waals surface area contributed by atoms with Crippen molar-refractivity contribution in [2.24, 2.45) is 0 Å². The minimum Gasteiger partial charge on any atom is -0.455 e. The third kappa shape index (κ3) is 13.1. The molecule has 12 heteroatoms. The van der Waals surface area contributed by atoms with Gasteiger partial charge in [0.1, 0.15) is 11.2 Å². The lowest BCUT2D eigenvalue weighted by molar-refractivity contribution is 0.670. The van der Waals surface area contributed by atoms with Crippen LogP contribution in [0, 0.1) is 0 Å². The van der Waals surface area contributed by atoms with Gasteiger partial charge in [-0.1, -0.05) is 340 Å². The number of rotatable bonds is 15. The van der Waals surface area contributed by atoms with Crippen molar-refractivity contribution < 1.29 is 4.42 Å². The van der Waals surface area contributed by atoms with Crippen LogP contribution in [0.4, 0.5) is 119 Å². The molecule has 0 spiro atoms. The van der Waals surface area contributed by atoms with Gasteiger partial charge in [0.05, 0.1) is 16.7 Å². The molecular formula is C138H89B3N8O. The van der Waals surface area contributed by atoms with E-state index in [0.29, 0.717) is 0 Å². The number of anilines is 21. The van der Waals surface area contributed by atoms with Gasteiger partial charge in [0, 0.05) is 147 Å². The smallest absolute Gasteiger partial charge is 0.252 e. The van der Waals surface area contributed by atoms with Crippen LogP contribution >= 0.6 is 0 Å². The number of para-hydroxylation sites is 14. The number of furan rings is 1. The molecule has 0 N–H and O–H groups in total. The molecule has 696 valence electrons. The Hall–Kier alpha value is -19.5. The molecule has 6 aliphatic heterocycles. The van der Waals surface area contributed by atoms with Crippen molar-refractivity contribution in [3.63, 3.8) is 0 Å². The first-order chi connectivity index (χ1) is 74.5. The molecule has 0 unspecified atom stereocenters. The molecular weight excluding hydrogens is 1820 g/mol. The lowest BCUT2D eigenvalue weighted by Crippen LogP contribution is -2.61. The van der Waals surface area contributed by atoms with Crippen LogP contribution in [-0.4, -0.2) is 24.7 Å². The van der Waals surface area contributed by atoms with Crippen LogP contribution in [0.25, 0.3) is 105 Å². The van der Waals surface area contributed by atoms with Crippen LogP contribution in [0.1, 0.15) is 0 Å². The maximum absolute atomic E-state index is 7.31. The van der Waals surface area contributed by atoms with E-state index < -0.39 is 0 Å². The first-order valence-electron chi connectivity index (χ1n) is 51.9. The predicted octanol–water partition coefficient (Wildman–Crippen LogP) is 30.7. The van der Waals surface area contributed by atoms with Gasteiger partial charge in [0.25, 0.3) is 20.1 Å². The van der Waals surface area contributed by atoms with Crippen molar-refractivity contribution in [2.45, 2.75) is 0 Å². The van der Waals surface area contributed by atoms with E-state index in [0.717, 1.165) is 185 Å². The number of nitrogens with zero attached hydrogens (tertiary/aromatic N) is 8. The highest BCUT2D eigenvalue weighted by Gasteiger charge is 2.49. The Kier molecular flexibility index (Phi) is 19.3. The molecule has 0 radical (unpaired) electrons. The fourth-order valence-electron chi connectivity index (χ4n) is 25.8. The topological polar surface area (TPSA) is 40.8 Å². The number of hydrogen-bond acceptors (Lipinski definition) is 8. The van der Waals surface area contributed by atoms with E-state index in [4.69, 9.17) is 4.42 Å². The van der Waals surface area contributed by atoms with Crippen molar-refractivity contribution in [1.29, 1.82) is 0 Å². The standard InChI is InChI=1S/C138H89B3N8O/c1-9-38-97(39-10-1)142(98-40-11-2-12-41-98)106-88-130-137-131(89-106)149(104-52-23-8-24-53-104)124-81-77-94(83-117(124)141(137)115-62-29-34-67-122(115)147(130)102-48-19-6-20-49-102)108-56-37-69-132-134(108)111-58-35-57-109(138(111)150-132)92-72-70-90(71-73-92)95-84-128-136-129(85-95)148(103-50-21-7-22-51-103)123-80-76-93(82-116(123)140(136)114-61-28-33-66-121(114)146(128)101-46-17-5-18-47-101)107-55-36-68-125-133(107)110-54-25-30-63-118(110)143(125)105-78-74-91(75-79-105)96-86-126-135-127(87-96)145(100-44-15-4-16-45-100)120-65-32-27-60-113(120)139(135)112-59-26-31-64-119(112)144(126)99-42-13-3-14-43-99/h1-89H. The fourth-order valence-corrected chi connectivity index (χ4v) is 25.8. The zero-order valence-corrected chi connectivity index (χ0v) is 81.6. The zero-order valence-electron chi connectivity index (χ0n) is 81.6. The molecule has 31 rings (SSSR count). The van der Waals surface area contributed by atoms with E-state index in [1.165, 1.54) is 88.3 Å². The summed E-state index contributed by atoms with van der Waals surface area (Å²) < 4.78 is 9.79. The molecule has 23 aromatic carbocycles. The fraction of sp³-hybridized carbons (Fsp3) is 0. The maximum atomic E-state index is 7.31. The third-order valence-corrected chi connectivity index (χ3v) is 32.0. The van der Waals surface area contributed by atoms with Gasteiger partial charge >= 0.3 is 0 Å². The number of hydrogen-bond donors (Lipinski definition) is 0. The highest BCUT2D eigenvalue weighted by molar-refractivity contribution is 7.02. The second-order valence-corrected chi connectivity index (χ2v) is 40.0. The van der Waals surface area contributed by atoms with Crippen LogP contribution in [0.15, 0.2) is 544 Å². The SMILES string of the molecule is c1ccc(N(c2ccccc2)c2cc3c4c(c2)N(c2ccccc2)c2ccc(-c5cccc6oc7c(-c8ccc(-c9cc%10c%11c(c9)N(c9ccccc9)c9ccc(-c%12cccc%13c%12c%12ccccc%12n%13-c%12ccc(-c%13cc%14c%15c(c%13)N(c%13ccccc%13)c%13ccccc%13B%15c%13ccccc%13N%14c%13ccccc%13)cc%12)cc9B%11c9ccccc9N%10c9ccccc9)cc8)cccc7c56)cc2B4c2ccccc2N3c2ccccc2)cc1. The summed E-state index contributed by atoms with van der Waals surface area (Å²) >= 11 is 0. The molecule has 0 saturated heterocycles. The Morgan fingerprint density at radius 2 is 0.473 bits per heavy atom. The van der Waals surface area contributed by atoms with Crippen molar-refractivity contribution in [2.75, 3.05) is 34.3 Å². The molecule has 25 aromatic rings.